The lowest BCUT2D eigenvalue weighted by atomic mass is 9.93. The molecule has 0 saturated carbocycles. The van der Waals surface area contributed by atoms with Crippen LogP contribution >= 0.6 is 0 Å². The van der Waals surface area contributed by atoms with E-state index in [1.807, 2.05) is 43.3 Å². The summed E-state index contributed by atoms with van der Waals surface area (Å²) in [5.41, 5.74) is 2.85. The van der Waals surface area contributed by atoms with Crippen molar-refractivity contribution in [2.45, 2.75) is 26.3 Å². The summed E-state index contributed by atoms with van der Waals surface area (Å²) in [6, 6.07) is 9.32. The predicted octanol–water partition coefficient (Wildman–Crippen LogP) is 2.63. The molecule has 1 atom stereocenters. The second-order valence-corrected chi connectivity index (χ2v) is 5.93. The molecule has 2 aromatic rings. The normalized spacial score (nSPS) is 16.0. The van der Waals surface area contributed by atoms with Crippen molar-refractivity contribution < 1.29 is 9.59 Å². The van der Waals surface area contributed by atoms with Gasteiger partial charge in [-0.1, -0.05) is 24.3 Å². The topological polar surface area (TPSA) is 67.2 Å². The number of hydrogen-bond donors (Lipinski definition) is 1. The first-order valence-electron chi connectivity index (χ1n) is 7.82. The van der Waals surface area contributed by atoms with Gasteiger partial charge < -0.3 is 10.2 Å². The first-order chi connectivity index (χ1) is 11.5. The van der Waals surface area contributed by atoms with Crippen LogP contribution in [0.4, 0.5) is 5.82 Å². The van der Waals surface area contributed by atoms with Gasteiger partial charge >= 0.3 is 0 Å². The monoisotopic (exact) mass is 324 g/mol. The van der Waals surface area contributed by atoms with Gasteiger partial charge in [-0.15, -0.1) is 0 Å². The number of aryl methyl sites for hydroxylation is 2. The third-order valence-corrected chi connectivity index (χ3v) is 4.12. The van der Waals surface area contributed by atoms with Gasteiger partial charge in [0.15, 0.2) is 0 Å². The second-order valence-electron chi connectivity index (χ2n) is 5.93. The molecule has 0 saturated heterocycles. The fraction of sp³-hybridized carbons (Fsp3) is 0.278. The summed E-state index contributed by atoms with van der Waals surface area (Å²) in [6.07, 6.45) is 3.83. The summed E-state index contributed by atoms with van der Waals surface area (Å²) in [7, 11) is 1.78. The minimum atomic E-state index is -0.307. The van der Waals surface area contributed by atoms with E-state index in [9.17, 15) is 9.59 Å². The molecule has 1 aliphatic heterocycles. The highest BCUT2D eigenvalue weighted by Gasteiger charge is 2.28. The molecule has 2 heterocycles. The van der Waals surface area contributed by atoms with Gasteiger partial charge in [-0.05, 0) is 24.1 Å². The Kier molecular flexibility index (Phi) is 4.20. The van der Waals surface area contributed by atoms with Gasteiger partial charge in [-0.3, -0.25) is 14.3 Å². The average molecular weight is 324 g/mol. The van der Waals surface area contributed by atoms with Crippen LogP contribution in [0.3, 0.4) is 0 Å². The fourth-order valence-corrected chi connectivity index (χ4v) is 3.01. The van der Waals surface area contributed by atoms with E-state index in [0.29, 0.717) is 5.82 Å². The zero-order chi connectivity index (χ0) is 17.3. The van der Waals surface area contributed by atoms with E-state index < -0.39 is 0 Å². The lowest BCUT2D eigenvalue weighted by Gasteiger charge is -2.32. The Bertz CT molecular complexity index is 822. The van der Waals surface area contributed by atoms with Crippen LogP contribution in [0.25, 0.3) is 6.08 Å². The first-order valence-corrected chi connectivity index (χ1v) is 7.82. The number of nitrogens with one attached hydrogen (secondary N) is 1. The maximum atomic E-state index is 12.5. The quantitative estimate of drug-likeness (QED) is 0.944. The molecule has 6 heteroatoms. The summed E-state index contributed by atoms with van der Waals surface area (Å²) in [5, 5.41) is 7.08. The lowest BCUT2D eigenvalue weighted by Crippen LogP contribution is -2.33. The number of carbonyl (C=O) groups is 2. The number of fused-ring (bicyclic) bond motifs is 1. The van der Waals surface area contributed by atoms with Crippen LogP contribution in [0, 0.1) is 6.92 Å². The van der Waals surface area contributed by atoms with Crippen LogP contribution in [-0.2, 0) is 16.6 Å². The van der Waals surface area contributed by atoms with E-state index in [1.54, 1.807) is 22.8 Å². The highest BCUT2D eigenvalue weighted by molar-refractivity contribution is 5.91. The van der Waals surface area contributed by atoms with Gasteiger partial charge in [0, 0.05) is 26.2 Å². The van der Waals surface area contributed by atoms with Crippen molar-refractivity contribution in [3.05, 3.63) is 53.4 Å². The summed E-state index contributed by atoms with van der Waals surface area (Å²) in [4.78, 5) is 26.1. The highest BCUT2D eigenvalue weighted by Crippen LogP contribution is 2.33. The van der Waals surface area contributed by atoms with Gasteiger partial charge in [0.05, 0.1) is 18.2 Å². The fourth-order valence-electron chi connectivity index (χ4n) is 3.01. The van der Waals surface area contributed by atoms with Crippen molar-refractivity contribution in [2.75, 3.05) is 5.32 Å². The maximum absolute atomic E-state index is 12.5. The molecule has 0 aliphatic carbocycles. The second kappa shape index (κ2) is 6.31. The van der Waals surface area contributed by atoms with Gasteiger partial charge in [0.2, 0.25) is 11.8 Å². The highest BCUT2D eigenvalue weighted by atomic mass is 16.2. The molecule has 24 heavy (non-hydrogen) atoms. The van der Waals surface area contributed by atoms with Crippen LogP contribution in [-0.4, -0.2) is 26.5 Å². The number of rotatable bonds is 3. The molecule has 0 bridgehead atoms. The Balaban J connectivity index is 1.83. The van der Waals surface area contributed by atoms with Crippen molar-refractivity contribution in [1.29, 1.82) is 0 Å². The van der Waals surface area contributed by atoms with Crippen molar-refractivity contribution >= 4 is 23.7 Å². The molecule has 3 rings (SSSR count). The molecule has 0 unspecified atom stereocenters. The van der Waals surface area contributed by atoms with E-state index in [4.69, 9.17) is 0 Å². The Hall–Kier alpha value is -2.89. The Morgan fingerprint density at radius 3 is 2.71 bits per heavy atom. The van der Waals surface area contributed by atoms with E-state index >= 15 is 0 Å². The number of hydrogen-bond acceptors (Lipinski definition) is 3. The average Bonchev–Trinajstić information content (AvgIpc) is 2.84. The molecule has 2 amide bonds. The van der Waals surface area contributed by atoms with Crippen LogP contribution in [0.5, 0.6) is 0 Å². The smallest absolute Gasteiger partial charge is 0.227 e. The summed E-state index contributed by atoms with van der Waals surface area (Å²) >= 11 is 0. The van der Waals surface area contributed by atoms with Crippen LogP contribution < -0.4 is 5.32 Å². The zero-order valence-corrected chi connectivity index (χ0v) is 14.0. The van der Waals surface area contributed by atoms with Crippen LogP contribution in [0.15, 0.2) is 36.5 Å². The van der Waals surface area contributed by atoms with Gasteiger partial charge in [-0.2, -0.15) is 5.10 Å². The molecule has 0 radical (unpaired) electrons. The standard InChI is InChI=1S/C18H20N4O2/c1-12-10-17(21(3)20-12)19-18(24)11-16-15-7-5-4-6-14(15)8-9-22(16)13(2)23/h4-10,16H,11H2,1-3H3,(H,19,24)/t16-/m1/s1. The molecule has 1 aromatic heterocycles. The molecule has 1 aromatic carbocycles. The molecular weight excluding hydrogens is 304 g/mol. The minimum absolute atomic E-state index is 0.0880. The minimum Gasteiger partial charge on any atom is -0.311 e. The Morgan fingerprint density at radius 2 is 2.04 bits per heavy atom. The SMILES string of the molecule is CC(=O)N1C=Cc2ccccc2[C@H]1CC(=O)Nc1cc(C)nn1C. The molecule has 124 valence electrons. The van der Waals surface area contributed by atoms with Crippen molar-refractivity contribution in [3.63, 3.8) is 0 Å². The number of carbonyl (C=O) groups excluding carboxylic acids is 2. The van der Waals surface area contributed by atoms with E-state index in [1.165, 1.54) is 6.92 Å². The molecule has 0 spiro atoms. The number of amides is 2. The van der Waals surface area contributed by atoms with Crippen molar-refractivity contribution in [3.8, 4) is 0 Å². The van der Waals surface area contributed by atoms with Crippen LogP contribution in [0.1, 0.15) is 36.2 Å². The number of nitrogens with zero attached hydrogens (tertiary/aromatic N) is 3. The van der Waals surface area contributed by atoms with Crippen LogP contribution in [0.2, 0.25) is 0 Å². The van der Waals surface area contributed by atoms with Gasteiger partial charge in [-0.25, -0.2) is 0 Å². The molecular formula is C18H20N4O2. The molecule has 0 fully saturated rings. The third kappa shape index (κ3) is 3.08. The molecule has 6 nitrogen and oxygen atoms in total. The number of anilines is 1. The Morgan fingerprint density at radius 1 is 1.29 bits per heavy atom. The van der Waals surface area contributed by atoms with E-state index in [0.717, 1.165) is 16.8 Å². The van der Waals surface area contributed by atoms with Crippen molar-refractivity contribution in [2.24, 2.45) is 7.05 Å². The maximum Gasteiger partial charge on any atom is 0.227 e. The molecule has 1 aliphatic rings. The van der Waals surface area contributed by atoms with Crippen molar-refractivity contribution in [1.82, 2.24) is 14.7 Å². The molecule has 1 N–H and O–H groups in total. The number of aromatic nitrogens is 2. The summed E-state index contributed by atoms with van der Waals surface area (Å²) in [5.74, 6) is 0.404. The lowest BCUT2D eigenvalue weighted by molar-refractivity contribution is -0.129. The predicted molar refractivity (Wildman–Crippen MR) is 91.9 cm³/mol. The summed E-state index contributed by atoms with van der Waals surface area (Å²) in [6.45, 7) is 3.38. The third-order valence-electron chi connectivity index (χ3n) is 4.12. The summed E-state index contributed by atoms with van der Waals surface area (Å²) < 4.78 is 1.63. The van der Waals surface area contributed by atoms with E-state index in [-0.39, 0.29) is 24.3 Å². The van der Waals surface area contributed by atoms with Gasteiger partial charge in [0.25, 0.3) is 0 Å². The number of benzene rings is 1. The Labute approximate surface area is 140 Å². The first kappa shape index (κ1) is 16.0. The van der Waals surface area contributed by atoms with E-state index in [2.05, 4.69) is 10.4 Å². The van der Waals surface area contributed by atoms with Gasteiger partial charge in [0.1, 0.15) is 5.82 Å². The zero-order valence-electron chi connectivity index (χ0n) is 14.0. The largest absolute Gasteiger partial charge is 0.311 e.